The number of anilines is 1. The molecule has 0 amide bonds. The third-order valence-electron chi connectivity index (χ3n) is 8.58. The van der Waals surface area contributed by atoms with E-state index in [-0.39, 0.29) is 12.4 Å². The second-order valence-corrected chi connectivity index (χ2v) is 10.8. The van der Waals surface area contributed by atoms with Crippen molar-refractivity contribution < 1.29 is 14.3 Å². The normalized spacial score (nSPS) is 24.4. The molecule has 2 aliphatic carbocycles. The number of carbonyl (C=O) groups is 2. The topological polar surface area (TPSA) is 46.6 Å². The molecule has 0 N–H and O–H groups in total. The molecule has 0 saturated heterocycles. The van der Waals surface area contributed by atoms with E-state index < -0.39 is 5.97 Å². The molecule has 3 aromatic carbocycles. The van der Waals surface area contributed by atoms with Crippen molar-refractivity contribution in [3.8, 4) is 11.1 Å². The molecule has 4 heteroatoms. The molecule has 0 radical (unpaired) electrons. The van der Waals surface area contributed by atoms with Crippen LogP contribution in [0.5, 0.6) is 0 Å². The Bertz CT molecular complexity index is 1390. The lowest BCUT2D eigenvalue weighted by Gasteiger charge is -2.46. The highest BCUT2D eigenvalue weighted by Gasteiger charge is 2.42. The van der Waals surface area contributed by atoms with E-state index in [1.165, 1.54) is 16.8 Å². The number of benzene rings is 3. The molecule has 0 saturated carbocycles. The zero-order valence-electron chi connectivity index (χ0n) is 20.7. The highest BCUT2D eigenvalue weighted by molar-refractivity contribution is 6.00. The monoisotopic (exact) mass is 487 g/mol. The molecule has 7 rings (SSSR count). The second kappa shape index (κ2) is 8.88. The Labute approximate surface area is 217 Å². The first-order valence-electron chi connectivity index (χ1n) is 13.3. The van der Waals surface area contributed by atoms with Crippen LogP contribution in [-0.4, -0.2) is 31.4 Å². The average molecular weight is 488 g/mol. The summed E-state index contributed by atoms with van der Waals surface area (Å²) in [5.74, 6) is 1.22. The SMILES string of the molecule is O=C(COC(=O)c1cc2c3c(c1)[C@@H]1C=CC[C@H]1CN3C[C@@H]1CC=C[C@@H]21)c1ccc(-c2ccccc2)cc1. The van der Waals surface area contributed by atoms with Crippen LogP contribution in [0.25, 0.3) is 11.1 Å². The number of Topliss-reactive ketones (excluding diaryl/α,β-unsaturated/α-hetero) is 1. The van der Waals surface area contributed by atoms with E-state index in [9.17, 15) is 9.59 Å². The predicted molar refractivity (Wildman–Crippen MR) is 145 cm³/mol. The fourth-order valence-corrected chi connectivity index (χ4v) is 6.77. The van der Waals surface area contributed by atoms with Gasteiger partial charge in [-0.1, -0.05) is 78.9 Å². The van der Waals surface area contributed by atoms with Gasteiger partial charge in [0.1, 0.15) is 0 Å². The average Bonchev–Trinajstić information content (AvgIpc) is 3.62. The first-order valence-corrected chi connectivity index (χ1v) is 13.3. The van der Waals surface area contributed by atoms with Crippen molar-refractivity contribution >= 4 is 17.4 Å². The van der Waals surface area contributed by atoms with Crippen molar-refractivity contribution in [2.75, 3.05) is 24.6 Å². The maximum absolute atomic E-state index is 13.2. The molecule has 2 heterocycles. The Morgan fingerprint density at radius 1 is 0.757 bits per heavy atom. The predicted octanol–water partition coefficient (Wildman–Crippen LogP) is 6.55. The van der Waals surface area contributed by atoms with Gasteiger partial charge in [0.2, 0.25) is 0 Å². The van der Waals surface area contributed by atoms with Crippen molar-refractivity contribution in [1.29, 1.82) is 0 Å². The summed E-state index contributed by atoms with van der Waals surface area (Å²) in [6.45, 7) is 1.91. The Morgan fingerprint density at radius 3 is 1.97 bits per heavy atom. The van der Waals surface area contributed by atoms with E-state index in [2.05, 4.69) is 29.2 Å². The molecule has 0 spiro atoms. The van der Waals surface area contributed by atoms with E-state index in [0.717, 1.165) is 37.1 Å². The summed E-state index contributed by atoms with van der Waals surface area (Å²) in [7, 11) is 0. The van der Waals surface area contributed by atoms with Crippen LogP contribution in [0.15, 0.2) is 91.0 Å². The van der Waals surface area contributed by atoms with Gasteiger partial charge < -0.3 is 9.64 Å². The van der Waals surface area contributed by atoms with Crippen LogP contribution in [-0.2, 0) is 4.74 Å². The van der Waals surface area contributed by atoms with E-state index >= 15 is 0 Å². The number of carbonyl (C=O) groups excluding carboxylic acids is 2. The number of allylic oxidation sites excluding steroid dienone is 4. The zero-order chi connectivity index (χ0) is 24.9. The molecular formula is C33H29NO3. The van der Waals surface area contributed by atoms with Crippen LogP contribution >= 0.6 is 0 Å². The summed E-state index contributed by atoms with van der Waals surface area (Å²) < 4.78 is 5.58. The van der Waals surface area contributed by atoms with Gasteiger partial charge in [0.15, 0.2) is 12.4 Å². The number of esters is 1. The van der Waals surface area contributed by atoms with Gasteiger partial charge in [-0.2, -0.15) is 0 Å². The summed E-state index contributed by atoms with van der Waals surface area (Å²) in [4.78, 5) is 28.6. The summed E-state index contributed by atoms with van der Waals surface area (Å²) in [5, 5.41) is 0. The van der Waals surface area contributed by atoms with Crippen molar-refractivity contribution in [2.45, 2.75) is 24.7 Å². The van der Waals surface area contributed by atoms with E-state index in [4.69, 9.17) is 4.74 Å². The fraction of sp³-hybridized carbons (Fsp3) is 0.273. The number of nitrogens with zero attached hydrogens (tertiary/aromatic N) is 1. The molecule has 184 valence electrons. The lowest BCUT2D eigenvalue weighted by atomic mass is 9.74. The quantitative estimate of drug-likeness (QED) is 0.233. The molecule has 4 atom stereocenters. The Kier molecular flexibility index (Phi) is 5.35. The molecule has 37 heavy (non-hydrogen) atoms. The summed E-state index contributed by atoms with van der Waals surface area (Å²) in [6, 6.07) is 21.6. The number of ether oxygens (including phenoxy) is 1. The first kappa shape index (κ1) is 22.3. The Hall–Kier alpha value is -3.92. The number of fused-ring (bicyclic) bond motifs is 4. The third-order valence-corrected chi connectivity index (χ3v) is 8.58. The number of ketones is 1. The zero-order valence-corrected chi connectivity index (χ0v) is 20.7. The highest BCUT2D eigenvalue weighted by atomic mass is 16.5. The van der Waals surface area contributed by atoms with E-state index in [1.54, 1.807) is 12.1 Å². The minimum absolute atomic E-state index is 0.198. The third kappa shape index (κ3) is 3.83. The number of rotatable bonds is 5. The van der Waals surface area contributed by atoms with Crippen LogP contribution < -0.4 is 4.90 Å². The molecule has 4 nitrogen and oxygen atoms in total. The van der Waals surface area contributed by atoms with Gasteiger partial charge in [0.05, 0.1) is 5.56 Å². The number of hydrogen-bond acceptors (Lipinski definition) is 4. The minimum atomic E-state index is -0.423. The molecule has 0 bridgehead atoms. The minimum Gasteiger partial charge on any atom is -0.454 e. The van der Waals surface area contributed by atoms with E-state index in [0.29, 0.717) is 34.8 Å². The molecule has 0 fully saturated rings. The first-order chi connectivity index (χ1) is 18.2. The highest BCUT2D eigenvalue weighted by Crippen LogP contribution is 2.53. The van der Waals surface area contributed by atoms with Gasteiger partial charge in [-0.3, -0.25) is 4.79 Å². The maximum Gasteiger partial charge on any atom is 0.338 e. The molecule has 3 aromatic rings. The Morgan fingerprint density at radius 2 is 1.35 bits per heavy atom. The van der Waals surface area contributed by atoms with Crippen molar-refractivity contribution in [2.24, 2.45) is 11.8 Å². The maximum atomic E-state index is 13.2. The number of hydrogen-bond donors (Lipinski definition) is 0. The van der Waals surface area contributed by atoms with Gasteiger partial charge >= 0.3 is 5.97 Å². The smallest absolute Gasteiger partial charge is 0.338 e. The lowest BCUT2D eigenvalue weighted by Crippen LogP contribution is -2.43. The van der Waals surface area contributed by atoms with Gasteiger partial charge in [-0.25, -0.2) is 4.79 Å². The van der Waals surface area contributed by atoms with Crippen molar-refractivity contribution in [3.63, 3.8) is 0 Å². The molecule has 2 aliphatic heterocycles. The second-order valence-electron chi connectivity index (χ2n) is 10.8. The van der Waals surface area contributed by atoms with Gasteiger partial charge in [0.25, 0.3) is 0 Å². The fourth-order valence-electron chi connectivity index (χ4n) is 6.77. The molecule has 0 aromatic heterocycles. The molecule has 4 aliphatic rings. The largest absolute Gasteiger partial charge is 0.454 e. The van der Waals surface area contributed by atoms with Crippen LogP contribution in [0, 0.1) is 11.8 Å². The molecular weight excluding hydrogens is 458 g/mol. The van der Waals surface area contributed by atoms with Crippen LogP contribution in [0.1, 0.15) is 56.5 Å². The Balaban J connectivity index is 1.12. The van der Waals surface area contributed by atoms with Gasteiger partial charge in [-0.15, -0.1) is 0 Å². The summed E-state index contributed by atoms with van der Waals surface area (Å²) >= 11 is 0. The summed E-state index contributed by atoms with van der Waals surface area (Å²) in [6.07, 6.45) is 11.4. The van der Waals surface area contributed by atoms with Gasteiger partial charge in [-0.05, 0) is 59.1 Å². The standard InChI is InChI=1S/C33H29NO3/c35-31(23-14-12-22(13-15-23)21-6-2-1-3-7-21)20-37-33(36)26-16-29-27-10-4-8-24(27)18-34-19-25-9-5-11-28(25)30(17-26)32(29)34/h1-7,10-17,24-25,27-28H,8-9,18-20H2/t24-,25-,27+,28+/m0/s1. The summed E-state index contributed by atoms with van der Waals surface area (Å²) in [5.41, 5.74) is 7.06. The van der Waals surface area contributed by atoms with Crippen molar-refractivity contribution in [3.05, 3.63) is 113 Å². The van der Waals surface area contributed by atoms with Crippen molar-refractivity contribution in [1.82, 2.24) is 0 Å². The van der Waals surface area contributed by atoms with Crippen LogP contribution in [0.4, 0.5) is 5.69 Å². The van der Waals surface area contributed by atoms with Crippen LogP contribution in [0.2, 0.25) is 0 Å². The van der Waals surface area contributed by atoms with E-state index in [1.807, 2.05) is 54.6 Å². The van der Waals surface area contributed by atoms with Crippen LogP contribution in [0.3, 0.4) is 0 Å². The van der Waals surface area contributed by atoms with Gasteiger partial charge in [0, 0.05) is 36.2 Å². The lowest BCUT2D eigenvalue weighted by molar-refractivity contribution is 0.0474. The molecule has 0 unspecified atom stereocenters.